The lowest BCUT2D eigenvalue weighted by Gasteiger charge is -2.14. The van der Waals surface area contributed by atoms with Crippen LogP contribution in [0.5, 0.6) is 5.75 Å². The fourth-order valence-electron chi connectivity index (χ4n) is 2.19. The lowest BCUT2D eigenvalue weighted by molar-refractivity contribution is 0.0221. The molecule has 2 atom stereocenters. The fraction of sp³-hybridized carbons (Fsp3) is 0.467. The van der Waals surface area contributed by atoms with Gasteiger partial charge in [0.15, 0.2) is 0 Å². The molecule has 1 aliphatic rings. The molecule has 18 heavy (non-hydrogen) atoms. The number of hydrogen-bond donors (Lipinski definition) is 1. The van der Waals surface area contributed by atoms with Crippen LogP contribution in [-0.2, 0) is 4.74 Å². The van der Waals surface area contributed by atoms with Gasteiger partial charge in [0.25, 0.3) is 0 Å². The molecule has 1 heterocycles. The molecule has 3 nitrogen and oxygen atoms in total. The Balaban J connectivity index is 1.90. The summed E-state index contributed by atoms with van der Waals surface area (Å²) in [5.41, 5.74) is 6.70. The minimum absolute atomic E-state index is 0.178. The Morgan fingerprint density at radius 2 is 2.11 bits per heavy atom. The Morgan fingerprint density at radius 1 is 1.33 bits per heavy atom. The van der Waals surface area contributed by atoms with Crippen LogP contribution in [0.15, 0.2) is 30.3 Å². The fourth-order valence-corrected chi connectivity index (χ4v) is 2.19. The summed E-state index contributed by atoms with van der Waals surface area (Å²) < 4.78 is 11.6. The number of allylic oxidation sites excluding steroid dienone is 1. The summed E-state index contributed by atoms with van der Waals surface area (Å²) in [6.45, 7) is 3.21. The van der Waals surface area contributed by atoms with Crippen LogP contribution >= 0.6 is 0 Å². The van der Waals surface area contributed by atoms with Crippen molar-refractivity contribution in [3.8, 4) is 5.75 Å². The third kappa shape index (κ3) is 3.34. The second-order valence-corrected chi connectivity index (χ2v) is 4.54. The van der Waals surface area contributed by atoms with Crippen LogP contribution in [-0.4, -0.2) is 25.4 Å². The lowest BCUT2D eigenvalue weighted by Crippen LogP contribution is -2.23. The van der Waals surface area contributed by atoms with Crippen molar-refractivity contribution >= 4 is 6.08 Å². The van der Waals surface area contributed by atoms with Gasteiger partial charge in [-0.2, -0.15) is 0 Å². The van der Waals surface area contributed by atoms with E-state index in [0.29, 0.717) is 13.2 Å². The van der Waals surface area contributed by atoms with Gasteiger partial charge in [-0.3, -0.25) is 0 Å². The molecule has 0 radical (unpaired) electrons. The van der Waals surface area contributed by atoms with Crippen LogP contribution in [0.2, 0.25) is 0 Å². The van der Waals surface area contributed by atoms with Gasteiger partial charge in [0.2, 0.25) is 0 Å². The summed E-state index contributed by atoms with van der Waals surface area (Å²) in [6, 6.07) is 8.04. The zero-order valence-electron chi connectivity index (χ0n) is 10.8. The number of ether oxygens (including phenoxy) is 2. The van der Waals surface area contributed by atoms with Crippen LogP contribution in [0.25, 0.3) is 6.08 Å². The summed E-state index contributed by atoms with van der Waals surface area (Å²) in [7, 11) is 0. The lowest BCUT2D eigenvalue weighted by atomic mass is 10.2. The highest BCUT2D eigenvalue weighted by molar-refractivity contribution is 5.56. The molecule has 0 spiro atoms. The van der Waals surface area contributed by atoms with Gasteiger partial charge < -0.3 is 15.2 Å². The van der Waals surface area contributed by atoms with Crippen LogP contribution in [0.4, 0.5) is 0 Å². The first-order chi connectivity index (χ1) is 8.83. The van der Waals surface area contributed by atoms with E-state index in [2.05, 4.69) is 0 Å². The van der Waals surface area contributed by atoms with Crippen molar-refractivity contribution in [2.75, 3.05) is 13.2 Å². The maximum absolute atomic E-state index is 5.85. The molecule has 0 amide bonds. The normalized spacial score (nSPS) is 23.7. The predicted octanol–water partition coefficient (Wildman–Crippen LogP) is 2.60. The van der Waals surface area contributed by atoms with E-state index in [1.807, 2.05) is 43.3 Å². The molecule has 1 aromatic rings. The zero-order valence-corrected chi connectivity index (χ0v) is 10.8. The molecule has 0 aromatic heterocycles. The Morgan fingerprint density at radius 3 is 2.83 bits per heavy atom. The Hall–Kier alpha value is -1.32. The molecule has 0 saturated carbocycles. The second kappa shape index (κ2) is 6.57. The van der Waals surface area contributed by atoms with E-state index >= 15 is 0 Å². The number of nitrogens with two attached hydrogens (primary N) is 1. The molecule has 98 valence electrons. The largest absolute Gasteiger partial charge is 0.490 e. The highest BCUT2D eigenvalue weighted by Gasteiger charge is 2.24. The van der Waals surface area contributed by atoms with E-state index in [-0.39, 0.29) is 12.2 Å². The van der Waals surface area contributed by atoms with E-state index in [9.17, 15) is 0 Å². The topological polar surface area (TPSA) is 44.5 Å². The first-order valence-corrected chi connectivity index (χ1v) is 6.53. The molecule has 1 fully saturated rings. The van der Waals surface area contributed by atoms with Crippen LogP contribution in [0.3, 0.4) is 0 Å². The first kappa shape index (κ1) is 13.1. The van der Waals surface area contributed by atoms with Crippen molar-refractivity contribution in [3.05, 3.63) is 35.9 Å². The van der Waals surface area contributed by atoms with Crippen molar-refractivity contribution in [2.45, 2.75) is 32.0 Å². The van der Waals surface area contributed by atoms with E-state index in [0.717, 1.165) is 24.2 Å². The molecular weight excluding hydrogens is 226 g/mol. The average Bonchev–Trinajstić information content (AvgIpc) is 2.86. The van der Waals surface area contributed by atoms with Crippen molar-refractivity contribution in [3.63, 3.8) is 0 Å². The SMILES string of the molecule is CC=Cc1ccccc1OCC1CCC(CN)O1. The number of benzene rings is 1. The minimum Gasteiger partial charge on any atom is -0.490 e. The summed E-state index contributed by atoms with van der Waals surface area (Å²) >= 11 is 0. The van der Waals surface area contributed by atoms with Gasteiger partial charge in [-0.15, -0.1) is 0 Å². The summed E-state index contributed by atoms with van der Waals surface area (Å²) in [4.78, 5) is 0. The summed E-state index contributed by atoms with van der Waals surface area (Å²) in [6.07, 6.45) is 6.53. The van der Waals surface area contributed by atoms with Gasteiger partial charge in [-0.05, 0) is 25.8 Å². The van der Waals surface area contributed by atoms with Crippen molar-refractivity contribution in [1.82, 2.24) is 0 Å². The standard InChI is InChI=1S/C15H21NO2/c1-2-5-12-6-3-4-7-15(12)17-11-14-9-8-13(10-16)18-14/h2-7,13-14H,8-11,16H2,1H3. The third-order valence-corrected chi connectivity index (χ3v) is 3.15. The van der Waals surface area contributed by atoms with Crippen molar-refractivity contribution in [2.24, 2.45) is 5.73 Å². The maximum atomic E-state index is 5.85. The van der Waals surface area contributed by atoms with Crippen LogP contribution in [0.1, 0.15) is 25.3 Å². The van der Waals surface area contributed by atoms with Gasteiger partial charge >= 0.3 is 0 Å². The highest BCUT2D eigenvalue weighted by atomic mass is 16.5. The third-order valence-electron chi connectivity index (χ3n) is 3.15. The maximum Gasteiger partial charge on any atom is 0.126 e. The Kier molecular flexibility index (Phi) is 4.79. The average molecular weight is 247 g/mol. The molecule has 0 aliphatic carbocycles. The van der Waals surface area contributed by atoms with Crippen LogP contribution in [0, 0.1) is 0 Å². The van der Waals surface area contributed by atoms with Gasteiger partial charge in [0.05, 0.1) is 12.2 Å². The predicted molar refractivity (Wildman–Crippen MR) is 73.6 cm³/mol. The Bertz CT molecular complexity index is 403. The van der Waals surface area contributed by atoms with E-state index in [1.54, 1.807) is 0 Å². The summed E-state index contributed by atoms with van der Waals surface area (Å²) in [5, 5.41) is 0. The highest BCUT2D eigenvalue weighted by Crippen LogP contribution is 2.23. The Labute approximate surface area is 109 Å². The van der Waals surface area contributed by atoms with E-state index in [1.165, 1.54) is 0 Å². The van der Waals surface area contributed by atoms with Crippen molar-refractivity contribution in [1.29, 1.82) is 0 Å². The van der Waals surface area contributed by atoms with Gasteiger partial charge in [-0.25, -0.2) is 0 Å². The molecule has 2 N–H and O–H groups in total. The van der Waals surface area contributed by atoms with Gasteiger partial charge in [-0.1, -0.05) is 30.4 Å². The molecule has 1 aromatic carbocycles. The molecule has 3 heteroatoms. The van der Waals surface area contributed by atoms with E-state index < -0.39 is 0 Å². The molecule has 2 unspecified atom stereocenters. The molecular formula is C15H21NO2. The van der Waals surface area contributed by atoms with Crippen LogP contribution < -0.4 is 10.5 Å². The number of hydrogen-bond acceptors (Lipinski definition) is 3. The number of rotatable bonds is 5. The molecule has 1 saturated heterocycles. The molecule has 2 rings (SSSR count). The molecule has 1 aliphatic heterocycles. The molecule has 0 bridgehead atoms. The quantitative estimate of drug-likeness (QED) is 0.870. The minimum atomic E-state index is 0.178. The van der Waals surface area contributed by atoms with Crippen molar-refractivity contribution < 1.29 is 9.47 Å². The smallest absolute Gasteiger partial charge is 0.126 e. The monoisotopic (exact) mass is 247 g/mol. The van der Waals surface area contributed by atoms with Gasteiger partial charge in [0.1, 0.15) is 12.4 Å². The van der Waals surface area contributed by atoms with Gasteiger partial charge in [0, 0.05) is 12.1 Å². The zero-order chi connectivity index (χ0) is 12.8. The van der Waals surface area contributed by atoms with E-state index in [4.69, 9.17) is 15.2 Å². The number of para-hydroxylation sites is 1. The first-order valence-electron chi connectivity index (χ1n) is 6.53. The summed E-state index contributed by atoms with van der Waals surface area (Å²) in [5.74, 6) is 0.912. The second-order valence-electron chi connectivity index (χ2n) is 4.54.